The van der Waals surface area contributed by atoms with Crippen LogP contribution in [0.1, 0.15) is 32.6 Å². The summed E-state index contributed by atoms with van der Waals surface area (Å²) in [7, 11) is 4.21. The molecule has 0 aromatic heterocycles. The van der Waals surface area contributed by atoms with Crippen LogP contribution in [-0.4, -0.2) is 55.6 Å². The Morgan fingerprint density at radius 1 is 1.47 bits per heavy atom. The lowest BCUT2D eigenvalue weighted by Gasteiger charge is -2.33. The molecule has 0 aliphatic carbocycles. The van der Waals surface area contributed by atoms with Gasteiger partial charge in [-0.3, -0.25) is 0 Å². The van der Waals surface area contributed by atoms with Crippen molar-refractivity contribution in [2.75, 3.05) is 33.7 Å². The molecule has 1 rings (SSSR count). The summed E-state index contributed by atoms with van der Waals surface area (Å²) in [5.74, 6) is 3.35. The minimum atomic E-state index is -0.140. The maximum atomic E-state index is 12.0. The summed E-state index contributed by atoms with van der Waals surface area (Å²) in [5.41, 5.74) is 0. The zero-order chi connectivity index (χ0) is 14.3. The highest BCUT2D eigenvalue weighted by Gasteiger charge is 2.23. The second kappa shape index (κ2) is 8.06. The summed E-state index contributed by atoms with van der Waals surface area (Å²) in [6.07, 6.45) is 9.58. The number of hydrogen-bond donors (Lipinski definition) is 1. The molecule has 0 saturated carbocycles. The number of carbonyl (C=O) groups is 1. The van der Waals surface area contributed by atoms with Crippen molar-refractivity contribution in [1.82, 2.24) is 15.1 Å². The third-order valence-corrected chi connectivity index (χ3v) is 3.79. The highest BCUT2D eigenvalue weighted by molar-refractivity contribution is 5.75. The fraction of sp³-hybridized carbons (Fsp3) is 0.800. The number of piperidine rings is 1. The zero-order valence-electron chi connectivity index (χ0n) is 12.5. The van der Waals surface area contributed by atoms with Crippen molar-refractivity contribution in [2.45, 2.75) is 38.6 Å². The molecule has 108 valence electrons. The number of terminal acetylenes is 1. The van der Waals surface area contributed by atoms with Crippen LogP contribution in [0.15, 0.2) is 0 Å². The Morgan fingerprint density at radius 3 is 2.58 bits per heavy atom. The summed E-state index contributed by atoms with van der Waals surface area (Å²) < 4.78 is 0. The molecule has 1 heterocycles. The first-order valence-corrected chi connectivity index (χ1v) is 7.23. The normalized spacial score (nSPS) is 18.2. The Hall–Kier alpha value is -1.21. The fourth-order valence-electron chi connectivity index (χ4n) is 2.37. The van der Waals surface area contributed by atoms with Gasteiger partial charge in [-0.05, 0) is 52.2 Å². The lowest BCUT2D eigenvalue weighted by atomic mass is 9.93. The molecule has 2 amide bonds. The molecule has 1 N–H and O–H groups in total. The molecule has 0 bridgehead atoms. The number of nitrogens with zero attached hydrogens (tertiary/aromatic N) is 2. The topological polar surface area (TPSA) is 35.6 Å². The molecule has 1 aliphatic rings. The maximum absolute atomic E-state index is 12.0. The van der Waals surface area contributed by atoms with E-state index >= 15 is 0 Å². The highest BCUT2D eigenvalue weighted by Crippen LogP contribution is 2.20. The monoisotopic (exact) mass is 265 g/mol. The Kier molecular flexibility index (Phi) is 6.72. The van der Waals surface area contributed by atoms with Crippen LogP contribution in [0.3, 0.4) is 0 Å². The molecule has 0 radical (unpaired) electrons. The Morgan fingerprint density at radius 2 is 2.11 bits per heavy atom. The SMILES string of the molecule is C#C[C@H](CC)NC(=O)N1CCC(CCN(C)C)CC1. The number of likely N-dealkylation sites (tertiary alicyclic amines) is 1. The smallest absolute Gasteiger partial charge is 0.318 e. The summed E-state index contributed by atoms with van der Waals surface area (Å²) in [6.45, 7) is 4.82. The molecule has 1 saturated heterocycles. The molecular weight excluding hydrogens is 238 g/mol. The van der Waals surface area contributed by atoms with E-state index < -0.39 is 0 Å². The van der Waals surface area contributed by atoms with Gasteiger partial charge < -0.3 is 15.1 Å². The Labute approximate surface area is 117 Å². The van der Waals surface area contributed by atoms with Gasteiger partial charge in [0.15, 0.2) is 0 Å². The van der Waals surface area contributed by atoms with E-state index in [2.05, 4.69) is 30.2 Å². The molecule has 19 heavy (non-hydrogen) atoms. The maximum Gasteiger partial charge on any atom is 0.318 e. The number of nitrogens with one attached hydrogen (secondary N) is 1. The van der Waals surface area contributed by atoms with E-state index in [9.17, 15) is 4.79 Å². The van der Waals surface area contributed by atoms with Gasteiger partial charge in [-0.1, -0.05) is 12.8 Å². The largest absolute Gasteiger partial charge is 0.325 e. The van der Waals surface area contributed by atoms with Crippen molar-refractivity contribution in [3.05, 3.63) is 0 Å². The van der Waals surface area contributed by atoms with E-state index in [0.29, 0.717) is 0 Å². The molecule has 4 nitrogen and oxygen atoms in total. The van der Waals surface area contributed by atoms with Crippen LogP contribution in [-0.2, 0) is 0 Å². The van der Waals surface area contributed by atoms with Crippen molar-refractivity contribution >= 4 is 6.03 Å². The molecule has 1 fully saturated rings. The van der Waals surface area contributed by atoms with Crippen LogP contribution < -0.4 is 5.32 Å². The molecule has 4 heteroatoms. The van der Waals surface area contributed by atoms with Gasteiger partial charge in [0.1, 0.15) is 0 Å². The molecule has 1 aliphatic heterocycles. The average molecular weight is 265 g/mol. The second-order valence-corrected chi connectivity index (χ2v) is 5.60. The summed E-state index contributed by atoms with van der Waals surface area (Å²) in [5, 5.41) is 2.89. The Balaban J connectivity index is 2.29. The summed E-state index contributed by atoms with van der Waals surface area (Å²) in [4.78, 5) is 16.1. The summed E-state index contributed by atoms with van der Waals surface area (Å²) >= 11 is 0. The lowest BCUT2D eigenvalue weighted by Crippen LogP contribution is -2.47. The van der Waals surface area contributed by atoms with Crippen molar-refractivity contribution in [1.29, 1.82) is 0 Å². The van der Waals surface area contributed by atoms with Crippen molar-refractivity contribution in [3.63, 3.8) is 0 Å². The van der Waals surface area contributed by atoms with Crippen LogP contribution in [0.2, 0.25) is 0 Å². The van der Waals surface area contributed by atoms with Gasteiger partial charge in [0.25, 0.3) is 0 Å². The molecule has 1 atom stereocenters. The minimum absolute atomic E-state index is 0.00383. The lowest BCUT2D eigenvalue weighted by molar-refractivity contribution is 0.163. The van der Waals surface area contributed by atoms with Crippen molar-refractivity contribution < 1.29 is 4.79 Å². The number of carbonyl (C=O) groups excluding carboxylic acids is 1. The minimum Gasteiger partial charge on any atom is -0.325 e. The number of hydrogen-bond acceptors (Lipinski definition) is 2. The van der Waals surface area contributed by atoms with Crippen molar-refractivity contribution in [3.8, 4) is 12.3 Å². The highest BCUT2D eigenvalue weighted by atomic mass is 16.2. The van der Waals surface area contributed by atoms with Crippen LogP contribution in [0.5, 0.6) is 0 Å². The first-order valence-electron chi connectivity index (χ1n) is 7.23. The van der Waals surface area contributed by atoms with E-state index in [1.807, 2.05) is 11.8 Å². The molecule has 0 spiro atoms. The van der Waals surface area contributed by atoms with Gasteiger partial charge in [-0.25, -0.2) is 4.79 Å². The third kappa shape index (κ3) is 5.52. The van der Waals surface area contributed by atoms with E-state index in [1.165, 1.54) is 6.42 Å². The van der Waals surface area contributed by atoms with Crippen LogP contribution in [0, 0.1) is 18.3 Å². The van der Waals surface area contributed by atoms with Gasteiger partial charge in [-0.15, -0.1) is 6.42 Å². The molecular formula is C15H27N3O. The zero-order valence-corrected chi connectivity index (χ0v) is 12.5. The van der Waals surface area contributed by atoms with E-state index in [-0.39, 0.29) is 12.1 Å². The molecule has 0 aromatic carbocycles. The van der Waals surface area contributed by atoms with Crippen molar-refractivity contribution in [2.24, 2.45) is 5.92 Å². The van der Waals surface area contributed by atoms with Gasteiger partial charge in [-0.2, -0.15) is 0 Å². The van der Waals surface area contributed by atoms with E-state index in [1.54, 1.807) is 0 Å². The predicted molar refractivity (Wildman–Crippen MR) is 78.9 cm³/mol. The van der Waals surface area contributed by atoms with Gasteiger partial charge >= 0.3 is 6.03 Å². The fourth-order valence-corrected chi connectivity index (χ4v) is 2.37. The third-order valence-electron chi connectivity index (χ3n) is 3.79. The van der Waals surface area contributed by atoms with Crippen LogP contribution in [0.4, 0.5) is 4.79 Å². The Bertz CT molecular complexity index is 314. The standard InChI is InChI=1S/C15H27N3O/c1-5-14(6-2)16-15(19)18-11-8-13(9-12-18)7-10-17(3)4/h1,13-14H,6-12H2,2-4H3,(H,16,19)/t14-/m1/s1. The number of amides is 2. The molecule has 0 unspecified atom stereocenters. The number of rotatable bonds is 5. The average Bonchev–Trinajstić information content (AvgIpc) is 2.42. The van der Waals surface area contributed by atoms with Gasteiger partial charge in [0.05, 0.1) is 6.04 Å². The summed E-state index contributed by atoms with van der Waals surface area (Å²) in [6, 6.07) is -0.144. The van der Waals surface area contributed by atoms with Gasteiger partial charge in [0, 0.05) is 13.1 Å². The first kappa shape index (κ1) is 15.8. The van der Waals surface area contributed by atoms with Crippen LogP contribution in [0.25, 0.3) is 0 Å². The molecule has 0 aromatic rings. The van der Waals surface area contributed by atoms with E-state index in [0.717, 1.165) is 44.8 Å². The van der Waals surface area contributed by atoms with Crippen LogP contribution >= 0.6 is 0 Å². The second-order valence-electron chi connectivity index (χ2n) is 5.60. The predicted octanol–water partition coefficient (Wildman–Crippen LogP) is 1.77. The van der Waals surface area contributed by atoms with Gasteiger partial charge in [0.2, 0.25) is 0 Å². The van der Waals surface area contributed by atoms with E-state index in [4.69, 9.17) is 6.42 Å². The number of urea groups is 1. The quantitative estimate of drug-likeness (QED) is 0.769. The first-order chi connectivity index (χ1) is 9.06.